The number of nitrogens with one attached hydrogen (secondary N) is 1. The molecular formula is C22H28BrN5. The fourth-order valence-electron chi connectivity index (χ4n) is 3.98. The molecule has 1 aliphatic rings. The van der Waals surface area contributed by atoms with Crippen LogP contribution in [0, 0.1) is 5.92 Å². The predicted molar refractivity (Wildman–Crippen MR) is 118 cm³/mol. The molecule has 28 heavy (non-hydrogen) atoms. The molecular weight excluding hydrogens is 414 g/mol. The van der Waals surface area contributed by atoms with E-state index in [9.17, 15) is 0 Å². The summed E-state index contributed by atoms with van der Waals surface area (Å²) in [5.74, 6) is 1.40. The van der Waals surface area contributed by atoms with Crippen molar-refractivity contribution < 1.29 is 0 Å². The number of unbranched alkanes of at least 4 members (excludes halogenated alkanes) is 1. The molecule has 5 nitrogen and oxygen atoms in total. The first kappa shape index (κ1) is 19.4. The maximum absolute atomic E-state index is 4.99. The van der Waals surface area contributed by atoms with Crippen molar-refractivity contribution in [1.29, 1.82) is 0 Å². The van der Waals surface area contributed by atoms with Gasteiger partial charge in [0.2, 0.25) is 5.95 Å². The van der Waals surface area contributed by atoms with E-state index in [1.807, 2.05) is 6.20 Å². The van der Waals surface area contributed by atoms with E-state index in [4.69, 9.17) is 10.1 Å². The van der Waals surface area contributed by atoms with Crippen molar-refractivity contribution in [2.24, 2.45) is 5.92 Å². The highest BCUT2D eigenvalue weighted by Crippen LogP contribution is 2.31. The van der Waals surface area contributed by atoms with Gasteiger partial charge in [0, 0.05) is 29.3 Å². The molecule has 0 amide bonds. The SMILES string of the molecule is CCCCNc1ncc2c(-c3ccc(Br)cc3)nn(CC3CCCCC3)c2n1. The Morgan fingerprint density at radius 1 is 1.14 bits per heavy atom. The lowest BCUT2D eigenvalue weighted by molar-refractivity contribution is 0.311. The van der Waals surface area contributed by atoms with Crippen LogP contribution in [-0.4, -0.2) is 26.3 Å². The Bertz CT molecular complexity index is 913. The number of benzene rings is 1. The zero-order valence-electron chi connectivity index (χ0n) is 16.5. The Hall–Kier alpha value is -1.95. The molecule has 0 unspecified atom stereocenters. The van der Waals surface area contributed by atoms with E-state index >= 15 is 0 Å². The first-order chi connectivity index (χ1) is 13.7. The molecule has 0 saturated heterocycles. The zero-order chi connectivity index (χ0) is 19.3. The van der Waals surface area contributed by atoms with Crippen molar-refractivity contribution in [3.63, 3.8) is 0 Å². The zero-order valence-corrected chi connectivity index (χ0v) is 18.1. The van der Waals surface area contributed by atoms with Crippen LogP contribution in [0.2, 0.25) is 0 Å². The lowest BCUT2D eigenvalue weighted by atomic mass is 9.89. The number of aromatic nitrogens is 4. The Morgan fingerprint density at radius 2 is 1.93 bits per heavy atom. The van der Waals surface area contributed by atoms with Crippen LogP contribution in [0.15, 0.2) is 34.9 Å². The molecule has 1 saturated carbocycles. The van der Waals surface area contributed by atoms with Crippen LogP contribution < -0.4 is 5.32 Å². The number of fused-ring (bicyclic) bond motifs is 1. The summed E-state index contributed by atoms with van der Waals surface area (Å²) in [7, 11) is 0. The number of hydrogen-bond donors (Lipinski definition) is 1. The number of rotatable bonds is 7. The molecule has 4 rings (SSSR count). The van der Waals surface area contributed by atoms with Crippen molar-refractivity contribution in [3.8, 4) is 11.3 Å². The van der Waals surface area contributed by atoms with Gasteiger partial charge in [-0.05, 0) is 37.3 Å². The predicted octanol–water partition coefficient (Wildman–Crippen LogP) is 6.05. The highest BCUT2D eigenvalue weighted by Gasteiger charge is 2.19. The van der Waals surface area contributed by atoms with Crippen molar-refractivity contribution in [3.05, 3.63) is 34.9 Å². The smallest absolute Gasteiger partial charge is 0.224 e. The topological polar surface area (TPSA) is 55.6 Å². The van der Waals surface area contributed by atoms with Gasteiger partial charge in [0.25, 0.3) is 0 Å². The average molecular weight is 442 g/mol. The second-order valence-electron chi connectivity index (χ2n) is 7.75. The van der Waals surface area contributed by atoms with Gasteiger partial charge in [-0.25, -0.2) is 9.67 Å². The van der Waals surface area contributed by atoms with E-state index in [0.717, 1.165) is 52.7 Å². The van der Waals surface area contributed by atoms with Gasteiger partial charge in [-0.2, -0.15) is 10.1 Å². The van der Waals surface area contributed by atoms with Crippen molar-refractivity contribution in [2.45, 2.75) is 58.4 Å². The van der Waals surface area contributed by atoms with Crippen LogP contribution in [-0.2, 0) is 6.54 Å². The van der Waals surface area contributed by atoms with E-state index < -0.39 is 0 Å². The highest BCUT2D eigenvalue weighted by molar-refractivity contribution is 9.10. The normalized spacial score (nSPS) is 15.2. The molecule has 1 fully saturated rings. The summed E-state index contributed by atoms with van der Waals surface area (Å²) in [4.78, 5) is 9.40. The fourth-order valence-corrected chi connectivity index (χ4v) is 4.25. The second kappa shape index (κ2) is 9.03. The van der Waals surface area contributed by atoms with E-state index in [0.29, 0.717) is 11.9 Å². The largest absolute Gasteiger partial charge is 0.354 e. The molecule has 0 spiro atoms. The van der Waals surface area contributed by atoms with Crippen LogP contribution in [0.3, 0.4) is 0 Å². The van der Waals surface area contributed by atoms with Crippen LogP contribution in [0.5, 0.6) is 0 Å². The molecule has 148 valence electrons. The summed E-state index contributed by atoms with van der Waals surface area (Å²) >= 11 is 3.52. The van der Waals surface area contributed by atoms with Gasteiger partial charge in [0.05, 0.1) is 5.39 Å². The van der Waals surface area contributed by atoms with Gasteiger partial charge < -0.3 is 5.32 Å². The Labute approximate surface area is 175 Å². The monoisotopic (exact) mass is 441 g/mol. The Kier molecular flexibility index (Phi) is 6.25. The molecule has 0 radical (unpaired) electrons. The summed E-state index contributed by atoms with van der Waals surface area (Å²) in [6, 6.07) is 8.32. The molecule has 3 aromatic rings. The van der Waals surface area contributed by atoms with Gasteiger partial charge in [0.15, 0.2) is 5.65 Å². The number of anilines is 1. The summed E-state index contributed by atoms with van der Waals surface area (Å²) in [6.07, 6.45) is 10.8. The summed E-state index contributed by atoms with van der Waals surface area (Å²) in [5, 5.41) is 9.37. The Balaban J connectivity index is 1.71. The van der Waals surface area contributed by atoms with Crippen molar-refractivity contribution in [1.82, 2.24) is 19.7 Å². The molecule has 1 aliphatic carbocycles. The van der Waals surface area contributed by atoms with E-state index in [1.165, 1.54) is 32.1 Å². The van der Waals surface area contributed by atoms with E-state index in [2.05, 4.69) is 62.1 Å². The van der Waals surface area contributed by atoms with Gasteiger partial charge in [0.1, 0.15) is 5.69 Å². The summed E-state index contributed by atoms with van der Waals surface area (Å²) < 4.78 is 3.19. The molecule has 0 atom stereocenters. The quantitative estimate of drug-likeness (QED) is 0.453. The molecule has 1 N–H and O–H groups in total. The standard InChI is InChI=1S/C22H28BrN5/c1-2-3-13-24-22-25-14-19-20(17-9-11-18(23)12-10-17)27-28(21(19)26-22)15-16-7-5-4-6-8-16/h9-12,14,16H,2-8,13,15H2,1H3,(H,24,25,26). The van der Waals surface area contributed by atoms with Gasteiger partial charge in [-0.15, -0.1) is 0 Å². The maximum Gasteiger partial charge on any atom is 0.224 e. The Morgan fingerprint density at radius 3 is 2.68 bits per heavy atom. The van der Waals surface area contributed by atoms with E-state index in [-0.39, 0.29) is 0 Å². The first-order valence-corrected chi connectivity index (χ1v) is 11.3. The highest BCUT2D eigenvalue weighted by atomic mass is 79.9. The minimum absolute atomic E-state index is 0.695. The number of hydrogen-bond acceptors (Lipinski definition) is 4. The van der Waals surface area contributed by atoms with Crippen LogP contribution in [0.25, 0.3) is 22.3 Å². The molecule has 6 heteroatoms. The minimum atomic E-state index is 0.695. The van der Waals surface area contributed by atoms with Gasteiger partial charge in [-0.1, -0.05) is 60.7 Å². The van der Waals surface area contributed by atoms with Crippen molar-refractivity contribution in [2.75, 3.05) is 11.9 Å². The lowest BCUT2D eigenvalue weighted by Crippen LogP contribution is -2.15. The van der Waals surface area contributed by atoms with Gasteiger partial charge >= 0.3 is 0 Å². The van der Waals surface area contributed by atoms with Crippen LogP contribution >= 0.6 is 15.9 Å². The number of nitrogens with zero attached hydrogens (tertiary/aromatic N) is 4. The average Bonchev–Trinajstić information content (AvgIpc) is 3.07. The molecule has 2 aromatic heterocycles. The minimum Gasteiger partial charge on any atom is -0.354 e. The third-order valence-corrected chi connectivity index (χ3v) is 6.10. The van der Waals surface area contributed by atoms with Gasteiger partial charge in [-0.3, -0.25) is 0 Å². The second-order valence-corrected chi connectivity index (χ2v) is 8.67. The third-order valence-electron chi connectivity index (χ3n) is 5.58. The fraction of sp³-hybridized carbons (Fsp3) is 0.500. The number of halogens is 1. The third kappa shape index (κ3) is 4.37. The molecule has 0 aliphatic heterocycles. The van der Waals surface area contributed by atoms with E-state index in [1.54, 1.807) is 0 Å². The van der Waals surface area contributed by atoms with Crippen LogP contribution in [0.4, 0.5) is 5.95 Å². The van der Waals surface area contributed by atoms with Crippen molar-refractivity contribution >= 4 is 32.9 Å². The lowest BCUT2D eigenvalue weighted by Gasteiger charge is -2.21. The summed E-state index contributed by atoms with van der Waals surface area (Å²) in [5.41, 5.74) is 3.02. The maximum atomic E-state index is 4.99. The molecule has 2 heterocycles. The molecule has 0 bridgehead atoms. The molecule has 1 aromatic carbocycles. The first-order valence-electron chi connectivity index (χ1n) is 10.5. The summed E-state index contributed by atoms with van der Waals surface area (Å²) in [6.45, 7) is 4.03. The van der Waals surface area contributed by atoms with Crippen LogP contribution in [0.1, 0.15) is 51.9 Å².